The van der Waals surface area contributed by atoms with Crippen LogP contribution in [-0.4, -0.2) is 43.9 Å². The van der Waals surface area contributed by atoms with Crippen LogP contribution in [0.3, 0.4) is 0 Å². The van der Waals surface area contributed by atoms with Gasteiger partial charge < -0.3 is 16.0 Å². The van der Waals surface area contributed by atoms with Crippen LogP contribution in [0.15, 0.2) is 29.4 Å². The smallest absolute Gasteiger partial charge is 0.398 e. The van der Waals surface area contributed by atoms with Crippen molar-refractivity contribution >= 4 is 35.1 Å². The molecule has 0 saturated heterocycles. The molecule has 35 heavy (non-hydrogen) atoms. The molecular formula is C25H33F3N6O. The molecule has 1 aliphatic rings. The molecule has 0 bridgehead atoms. The Morgan fingerprint density at radius 1 is 1.26 bits per heavy atom. The summed E-state index contributed by atoms with van der Waals surface area (Å²) >= 11 is 0. The van der Waals surface area contributed by atoms with Gasteiger partial charge >= 0.3 is 12.2 Å². The Balaban J connectivity index is 1.88. The first-order valence-electron chi connectivity index (χ1n) is 11.9. The lowest BCUT2D eigenvalue weighted by Gasteiger charge is -2.26. The maximum Gasteiger partial charge on any atom is 0.418 e. The van der Waals surface area contributed by atoms with Crippen LogP contribution in [0.1, 0.15) is 56.2 Å². The summed E-state index contributed by atoms with van der Waals surface area (Å²) in [5, 5.41) is 2.60. The lowest BCUT2D eigenvalue weighted by atomic mass is 10.1. The van der Waals surface area contributed by atoms with Gasteiger partial charge in [0.15, 0.2) is 0 Å². The molecule has 0 fully saturated rings. The van der Waals surface area contributed by atoms with Crippen molar-refractivity contribution in [2.45, 2.75) is 52.1 Å². The van der Waals surface area contributed by atoms with E-state index in [1.165, 1.54) is 24.2 Å². The zero-order valence-electron chi connectivity index (χ0n) is 20.5. The minimum Gasteiger partial charge on any atom is -0.398 e. The van der Waals surface area contributed by atoms with Crippen LogP contribution >= 0.6 is 0 Å². The van der Waals surface area contributed by atoms with E-state index in [0.717, 1.165) is 56.1 Å². The Bertz CT molecular complexity index is 1070. The number of nitrogens with zero attached hydrogens (tertiary/aromatic N) is 4. The molecular weight excluding hydrogens is 457 g/mol. The van der Waals surface area contributed by atoms with Crippen LogP contribution < -0.4 is 20.9 Å². The number of aliphatic imine (C=N–C) groups is 1. The van der Waals surface area contributed by atoms with Gasteiger partial charge in [-0.25, -0.2) is 9.78 Å². The summed E-state index contributed by atoms with van der Waals surface area (Å²) in [5.41, 5.74) is 6.38. The first-order chi connectivity index (χ1) is 16.7. The lowest BCUT2D eigenvalue weighted by Crippen LogP contribution is -2.34. The van der Waals surface area contributed by atoms with E-state index in [9.17, 15) is 18.0 Å². The molecule has 2 amide bonds. The predicted octanol–water partition coefficient (Wildman–Crippen LogP) is 5.73. The molecule has 0 spiro atoms. The van der Waals surface area contributed by atoms with Gasteiger partial charge in [0.2, 0.25) is 0 Å². The molecule has 0 atom stereocenters. The lowest BCUT2D eigenvalue weighted by molar-refractivity contribution is -0.136. The summed E-state index contributed by atoms with van der Waals surface area (Å²) in [4.78, 5) is 25.2. The molecule has 2 aromatic rings. The van der Waals surface area contributed by atoms with Crippen LogP contribution in [0.2, 0.25) is 0 Å². The van der Waals surface area contributed by atoms with Crippen molar-refractivity contribution in [3.63, 3.8) is 0 Å². The summed E-state index contributed by atoms with van der Waals surface area (Å²) in [6, 6.07) is 3.66. The molecule has 3 N–H and O–H groups in total. The molecule has 3 rings (SSSR count). The van der Waals surface area contributed by atoms with Gasteiger partial charge in [-0.3, -0.25) is 9.89 Å². The number of pyridine rings is 1. The molecule has 1 aromatic carbocycles. The number of benzene rings is 1. The highest BCUT2D eigenvalue weighted by molar-refractivity contribution is 6.04. The number of hydrogen-bond donors (Lipinski definition) is 2. The third-order valence-corrected chi connectivity index (χ3v) is 6.00. The normalized spacial score (nSPS) is 13.4. The number of amides is 2. The number of rotatable bonds is 9. The number of alkyl halides is 3. The molecule has 0 unspecified atom stereocenters. The van der Waals surface area contributed by atoms with Gasteiger partial charge in [0, 0.05) is 61.6 Å². The Morgan fingerprint density at radius 3 is 2.69 bits per heavy atom. The average Bonchev–Trinajstić information content (AvgIpc) is 3.24. The fourth-order valence-electron chi connectivity index (χ4n) is 4.36. The molecule has 0 saturated carbocycles. The zero-order valence-corrected chi connectivity index (χ0v) is 20.5. The van der Waals surface area contributed by atoms with Crippen molar-refractivity contribution < 1.29 is 18.0 Å². The van der Waals surface area contributed by atoms with Crippen molar-refractivity contribution in [2.24, 2.45) is 4.99 Å². The van der Waals surface area contributed by atoms with Crippen molar-refractivity contribution in [3.05, 3.63) is 41.1 Å². The van der Waals surface area contributed by atoms with Gasteiger partial charge in [-0.05, 0) is 37.5 Å². The number of nitrogens with two attached hydrogens (primary N) is 1. The second kappa shape index (κ2) is 11.4. The molecule has 1 aliphatic heterocycles. The van der Waals surface area contributed by atoms with Gasteiger partial charge in [0.25, 0.3) is 0 Å². The fourth-order valence-corrected chi connectivity index (χ4v) is 4.36. The Kier molecular flexibility index (Phi) is 8.58. The fraction of sp³-hybridized carbons (Fsp3) is 0.480. The number of carbonyl (C=O) groups is 1. The third-order valence-electron chi connectivity index (χ3n) is 6.00. The van der Waals surface area contributed by atoms with Crippen molar-refractivity contribution in [1.82, 2.24) is 4.98 Å². The van der Waals surface area contributed by atoms with Crippen LogP contribution in [-0.2, 0) is 12.6 Å². The van der Waals surface area contributed by atoms with E-state index in [0.29, 0.717) is 18.8 Å². The molecule has 2 heterocycles. The van der Waals surface area contributed by atoms with Crippen molar-refractivity contribution in [2.75, 3.05) is 47.5 Å². The van der Waals surface area contributed by atoms with Gasteiger partial charge in [-0.2, -0.15) is 13.2 Å². The Morgan fingerprint density at radius 2 is 2.03 bits per heavy atom. The number of carbonyl (C=O) groups excluding carboxylic acids is 1. The number of nitrogen functional groups attached to an aromatic ring is 1. The van der Waals surface area contributed by atoms with Gasteiger partial charge in [-0.1, -0.05) is 26.7 Å². The Hall–Kier alpha value is -3.30. The van der Waals surface area contributed by atoms with E-state index in [-0.39, 0.29) is 11.3 Å². The predicted molar refractivity (Wildman–Crippen MR) is 136 cm³/mol. The second-order valence-electron chi connectivity index (χ2n) is 8.57. The van der Waals surface area contributed by atoms with Crippen LogP contribution in [0.5, 0.6) is 0 Å². The highest BCUT2D eigenvalue weighted by Gasteiger charge is 2.35. The first-order valence-corrected chi connectivity index (χ1v) is 11.9. The number of unbranched alkanes of at least 4 members (excludes halogenated alkanes) is 2. The maximum absolute atomic E-state index is 13.5. The van der Waals surface area contributed by atoms with Crippen LogP contribution in [0, 0.1) is 0 Å². The second-order valence-corrected chi connectivity index (χ2v) is 8.57. The molecule has 190 valence electrons. The van der Waals surface area contributed by atoms with E-state index in [1.807, 2.05) is 6.07 Å². The first kappa shape index (κ1) is 26.3. The van der Waals surface area contributed by atoms with E-state index < -0.39 is 23.5 Å². The zero-order chi connectivity index (χ0) is 25.6. The number of anilines is 4. The SMILES string of the molecule is CCCCCN(CCC)c1ccnc2c1CCN2C(=O)Nc1cc(C=NC)c(N)c(C(F)(F)F)c1. The largest absolute Gasteiger partial charge is 0.418 e. The van der Waals surface area contributed by atoms with E-state index >= 15 is 0 Å². The number of hydrogen-bond acceptors (Lipinski definition) is 5. The summed E-state index contributed by atoms with van der Waals surface area (Å²) in [6.45, 7) is 6.52. The maximum atomic E-state index is 13.5. The number of fused-ring (bicyclic) bond motifs is 1. The number of aromatic nitrogens is 1. The number of urea groups is 1. The van der Waals surface area contributed by atoms with Crippen LogP contribution in [0.4, 0.5) is 40.8 Å². The van der Waals surface area contributed by atoms with Crippen molar-refractivity contribution in [1.29, 1.82) is 0 Å². The molecule has 7 nitrogen and oxygen atoms in total. The van der Waals surface area contributed by atoms with E-state index in [2.05, 4.69) is 34.0 Å². The summed E-state index contributed by atoms with van der Waals surface area (Å²) < 4.78 is 40.5. The highest BCUT2D eigenvalue weighted by Crippen LogP contribution is 2.38. The van der Waals surface area contributed by atoms with E-state index in [1.54, 1.807) is 6.20 Å². The summed E-state index contributed by atoms with van der Waals surface area (Å²) in [7, 11) is 1.44. The van der Waals surface area contributed by atoms with Crippen molar-refractivity contribution in [3.8, 4) is 0 Å². The standard InChI is InChI=1S/C25H33F3N6O/c1-4-6-7-12-33(11-5-2)21-8-10-31-23-19(21)9-13-34(23)24(35)32-18-14-17(16-30-3)22(29)20(15-18)25(26,27)28/h8,10,14-16H,4-7,9,11-13,29H2,1-3H3,(H,32,35). The number of halogens is 3. The topological polar surface area (TPSA) is 86.9 Å². The quantitative estimate of drug-likeness (QED) is 0.267. The highest BCUT2D eigenvalue weighted by atomic mass is 19.4. The van der Waals surface area contributed by atoms with Gasteiger partial charge in [-0.15, -0.1) is 0 Å². The molecule has 0 aliphatic carbocycles. The average molecular weight is 491 g/mol. The monoisotopic (exact) mass is 490 g/mol. The summed E-state index contributed by atoms with van der Waals surface area (Å²) in [6.07, 6.45) is 3.24. The van der Waals surface area contributed by atoms with Crippen LogP contribution in [0.25, 0.3) is 0 Å². The minimum absolute atomic E-state index is 0.0109. The van der Waals surface area contributed by atoms with Gasteiger partial charge in [0.1, 0.15) is 5.82 Å². The van der Waals surface area contributed by atoms with Gasteiger partial charge in [0.05, 0.1) is 11.3 Å². The molecule has 1 aromatic heterocycles. The summed E-state index contributed by atoms with van der Waals surface area (Å²) in [5.74, 6) is 0.540. The minimum atomic E-state index is -4.67. The van der Waals surface area contributed by atoms with E-state index in [4.69, 9.17) is 5.73 Å². The number of nitrogens with one attached hydrogen (secondary N) is 1. The third kappa shape index (κ3) is 6.04. The Labute approximate surface area is 204 Å². The molecule has 0 radical (unpaired) electrons. The molecule has 10 heteroatoms.